The molecule has 1 heterocycles. The maximum Gasteiger partial charge on any atom is 0.230 e. The molecule has 14 heavy (non-hydrogen) atoms. The molecule has 2 aromatic rings. The third-order valence-electron chi connectivity index (χ3n) is 2.44. The zero-order chi connectivity index (χ0) is 10.1. The summed E-state index contributed by atoms with van der Waals surface area (Å²) in [4.78, 5) is 0. The summed E-state index contributed by atoms with van der Waals surface area (Å²) in [7, 11) is 0. The number of rotatable bonds is 1. The van der Waals surface area contributed by atoms with Crippen molar-refractivity contribution in [3.8, 4) is 0 Å². The Bertz CT molecular complexity index is 463. The maximum absolute atomic E-state index is 9.48. The predicted octanol–water partition coefficient (Wildman–Crippen LogP) is 2.49. The molecule has 0 saturated carbocycles. The molecule has 0 aliphatic heterocycles. The van der Waals surface area contributed by atoms with Crippen LogP contribution in [-0.2, 0) is 0 Å². The van der Waals surface area contributed by atoms with Gasteiger partial charge in [0.1, 0.15) is 0 Å². The van der Waals surface area contributed by atoms with Gasteiger partial charge < -0.3 is 0 Å². The van der Waals surface area contributed by atoms with Gasteiger partial charge in [-0.15, -0.1) is 0 Å². The Balaban J connectivity index is 2.80. The fraction of sp³-hybridized carbons (Fsp3) is 0.250. The van der Waals surface area contributed by atoms with Gasteiger partial charge >= 0.3 is 0 Å². The lowest BCUT2D eigenvalue weighted by Gasteiger charge is -2.05. The highest BCUT2D eigenvalue weighted by Gasteiger charge is 2.11. The first-order chi connectivity index (χ1) is 6.68. The summed E-state index contributed by atoms with van der Waals surface area (Å²) < 4.78 is 1.14. The van der Waals surface area contributed by atoms with Crippen molar-refractivity contribution in [1.82, 2.24) is 0 Å². The molecule has 0 aliphatic rings. The van der Waals surface area contributed by atoms with E-state index in [4.69, 9.17) is 0 Å². The number of pyridine rings is 1. The molecule has 0 atom stereocenters. The van der Waals surface area contributed by atoms with Gasteiger partial charge in [-0.1, -0.05) is 32.0 Å². The third kappa shape index (κ3) is 1.43. The summed E-state index contributed by atoms with van der Waals surface area (Å²) in [6.45, 7) is 4.25. The second kappa shape index (κ2) is 3.29. The monoisotopic (exact) mass is 188 g/mol. The maximum atomic E-state index is 9.48. The lowest BCUT2D eigenvalue weighted by molar-refractivity contribution is -0.904. The van der Waals surface area contributed by atoms with Crippen molar-refractivity contribution in [2.24, 2.45) is 0 Å². The standard InChI is InChI=1S/C12H14NO/c1-9(2)12-8-13(14)7-10-5-3-4-6-11(10)12/h3-9,14H,1-2H3/q+1. The Hall–Kier alpha value is -1.57. The number of benzene rings is 1. The van der Waals surface area contributed by atoms with Crippen LogP contribution in [0.1, 0.15) is 25.3 Å². The number of fused-ring (bicyclic) bond motifs is 1. The van der Waals surface area contributed by atoms with E-state index in [1.165, 1.54) is 10.9 Å². The Labute approximate surface area is 83.4 Å². The van der Waals surface area contributed by atoms with Gasteiger partial charge in [0.15, 0.2) is 0 Å². The van der Waals surface area contributed by atoms with E-state index in [0.29, 0.717) is 5.92 Å². The van der Waals surface area contributed by atoms with Crippen LogP contribution in [0.4, 0.5) is 0 Å². The molecule has 2 rings (SSSR count). The molecule has 0 radical (unpaired) electrons. The van der Waals surface area contributed by atoms with E-state index in [2.05, 4.69) is 19.9 Å². The van der Waals surface area contributed by atoms with E-state index in [1.807, 2.05) is 18.2 Å². The minimum atomic E-state index is 0.416. The minimum absolute atomic E-state index is 0.416. The largest absolute Gasteiger partial charge is 0.285 e. The Kier molecular flexibility index (Phi) is 2.12. The first-order valence-corrected chi connectivity index (χ1v) is 4.81. The molecule has 1 aromatic heterocycles. The Morgan fingerprint density at radius 3 is 2.57 bits per heavy atom. The van der Waals surface area contributed by atoms with Crippen molar-refractivity contribution in [1.29, 1.82) is 0 Å². The average molecular weight is 188 g/mol. The molecule has 0 spiro atoms. The number of aromatic nitrogens is 1. The molecule has 0 unspecified atom stereocenters. The first kappa shape index (κ1) is 9.00. The number of hydrogen-bond acceptors (Lipinski definition) is 1. The molecule has 0 amide bonds. The summed E-state index contributed by atoms with van der Waals surface area (Å²) >= 11 is 0. The molecule has 0 bridgehead atoms. The molecule has 0 saturated heterocycles. The van der Waals surface area contributed by atoms with Crippen LogP contribution in [0.5, 0.6) is 0 Å². The molecule has 72 valence electrons. The quantitative estimate of drug-likeness (QED) is 0.539. The van der Waals surface area contributed by atoms with Crippen LogP contribution in [-0.4, -0.2) is 5.21 Å². The summed E-state index contributed by atoms with van der Waals surface area (Å²) in [5.74, 6) is 0.416. The zero-order valence-electron chi connectivity index (χ0n) is 8.44. The van der Waals surface area contributed by atoms with Gasteiger partial charge in [-0.05, 0) is 17.4 Å². The summed E-state index contributed by atoms with van der Waals surface area (Å²) in [6, 6.07) is 8.10. The van der Waals surface area contributed by atoms with E-state index in [-0.39, 0.29) is 0 Å². The Morgan fingerprint density at radius 2 is 1.86 bits per heavy atom. The Morgan fingerprint density at radius 1 is 1.14 bits per heavy atom. The highest BCUT2D eigenvalue weighted by Crippen LogP contribution is 2.22. The van der Waals surface area contributed by atoms with Crippen LogP contribution in [0.15, 0.2) is 36.7 Å². The molecule has 1 aromatic carbocycles. The minimum Gasteiger partial charge on any atom is -0.285 e. The second-order valence-corrected chi connectivity index (χ2v) is 3.84. The molecule has 2 heteroatoms. The molecule has 0 fully saturated rings. The van der Waals surface area contributed by atoms with E-state index in [0.717, 1.165) is 10.1 Å². The molecular formula is C12H14NO+. The van der Waals surface area contributed by atoms with E-state index >= 15 is 0 Å². The molecular weight excluding hydrogens is 174 g/mol. The fourth-order valence-corrected chi connectivity index (χ4v) is 1.72. The van der Waals surface area contributed by atoms with Gasteiger partial charge in [0, 0.05) is 10.3 Å². The van der Waals surface area contributed by atoms with Crippen molar-refractivity contribution in [2.75, 3.05) is 0 Å². The van der Waals surface area contributed by atoms with Gasteiger partial charge in [-0.25, -0.2) is 0 Å². The third-order valence-corrected chi connectivity index (χ3v) is 2.44. The van der Waals surface area contributed by atoms with E-state index < -0.39 is 0 Å². The molecule has 1 N–H and O–H groups in total. The molecule has 0 aliphatic carbocycles. The lowest BCUT2D eigenvalue weighted by atomic mass is 9.99. The molecule has 2 nitrogen and oxygen atoms in total. The predicted molar refractivity (Wildman–Crippen MR) is 55.4 cm³/mol. The van der Waals surface area contributed by atoms with Crippen molar-refractivity contribution < 1.29 is 9.94 Å². The highest BCUT2D eigenvalue weighted by atomic mass is 16.5. The van der Waals surface area contributed by atoms with Crippen LogP contribution in [0.3, 0.4) is 0 Å². The average Bonchev–Trinajstić information content (AvgIpc) is 2.16. The smallest absolute Gasteiger partial charge is 0.230 e. The van der Waals surface area contributed by atoms with Crippen LogP contribution in [0.25, 0.3) is 10.8 Å². The summed E-state index contributed by atoms with van der Waals surface area (Å²) in [5, 5.41) is 11.8. The van der Waals surface area contributed by atoms with Crippen LogP contribution >= 0.6 is 0 Å². The number of hydrogen-bond donors (Lipinski definition) is 1. The van der Waals surface area contributed by atoms with Crippen LogP contribution < -0.4 is 4.73 Å². The van der Waals surface area contributed by atoms with E-state index in [9.17, 15) is 5.21 Å². The topological polar surface area (TPSA) is 24.1 Å². The van der Waals surface area contributed by atoms with Gasteiger partial charge in [-0.3, -0.25) is 5.21 Å². The van der Waals surface area contributed by atoms with Crippen LogP contribution in [0, 0.1) is 0 Å². The van der Waals surface area contributed by atoms with Gasteiger partial charge in [0.2, 0.25) is 12.4 Å². The van der Waals surface area contributed by atoms with Gasteiger partial charge in [-0.2, -0.15) is 0 Å². The number of nitrogens with zero attached hydrogens (tertiary/aromatic N) is 1. The fourth-order valence-electron chi connectivity index (χ4n) is 1.72. The second-order valence-electron chi connectivity index (χ2n) is 3.84. The summed E-state index contributed by atoms with van der Waals surface area (Å²) in [5.41, 5.74) is 1.17. The zero-order valence-corrected chi connectivity index (χ0v) is 8.44. The summed E-state index contributed by atoms with van der Waals surface area (Å²) in [6.07, 6.45) is 3.49. The van der Waals surface area contributed by atoms with Crippen molar-refractivity contribution >= 4 is 10.8 Å². The lowest BCUT2D eigenvalue weighted by Crippen LogP contribution is -2.29. The van der Waals surface area contributed by atoms with Gasteiger partial charge in [0.05, 0.1) is 5.39 Å². The highest BCUT2D eigenvalue weighted by molar-refractivity contribution is 5.84. The normalized spacial score (nSPS) is 11.1. The van der Waals surface area contributed by atoms with Gasteiger partial charge in [0.25, 0.3) is 0 Å². The van der Waals surface area contributed by atoms with Crippen molar-refractivity contribution in [3.05, 3.63) is 42.2 Å². The SMILES string of the molecule is CC(C)c1c[n+](O)cc2ccccc12. The van der Waals surface area contributed by atoms with Crippen LogP contribution in [0.2, 0.25) is 0 Å². The first-order valence-electron chi connectivity index (χ1n) is 4.81. The van der Waals surface area contributed by atoms with Crippen molar-refractivity contribution in [3.63, 3.8) is 0 Å². The van der Waals surface area contributed by atoms with Crippen molar-refractivity contribution in [2.45, 2.75) is 19.8 Å². The van der Waals surface area contributed by atoms with E-state index in [1.54, 1.807) is 12.4 Å².